The summed E-state index contributed by atoms with van der Waals surface area (Å²) >= 11 is 0. The van der Waals surface area contributed by atoms with Gasteiger partial charge >= 0.3 is 6.01 Å². The molecule has 3 aromatic rings. The zero-order chi connectivity index (χ0) is 32.5. The van der Waals surface area contributed by atoms with Crippen molar-refractivity contribution in [2.24, 2.45) is 5.92 Å². The number of carbonyl (C=O) groups excluding carboxylic acids is 1. The second-order valence-electron chi connectivity index (χ2n) is 13.9. The number of aromatic nitrogens is 2. The summed E-state index contributed by atoms with van der Waals surface area (Å²) in [4.78, 5) is 31.6. The number of benzene rings is 2. The van der Waals surface area contributed by atoms with Crippen molar-refractivity contribution >= 4 is 28.2 Å². The van der Waals surface area contributed by atoms with E-state index in [9.17, 15) is 4.79 Å². The summed E-state index contributed by atoms with van der Waals surface area (Å²) in [6, 6.07) is 13.8. The minimum Gasteiger partial charge on any atom is -0.462 e. The molecule has 0 N–H and O–H groups in total. The Bertz CT molecular complexity index is 1600. The van der Waals surface area contributed by atoms with Crippen LogP contribution in [0.15, 0.2) is 49.1 Å². The fourth-order valence-corrected chi connectivity index (χ4v) is 7.62. The average Bonchev–Trinajstić information content (AvgIpc) is 3.54. The van der Waals surface area contributed by atoms with Crippen molar-refractivity contribution in [2.45, 2.75) is 58.4 Å². The lowest BCUT2D eigenvalue weighted by molar-refractivity contribution is -0.263. The maximum absolute atomic E-state index is 12.3. The second-order valence-corrected chi connectivity index (χ2v) is 13.9. The van der Waals surface area contributed by atoms with Gasteiger partial charge in [-0.2, -0.15) is 9.97 Å². The number of aryl methyl sites for hydroxylation is 1. The molecule has 1 atom stereocenters. The van der Waals surface area contributed by atoms with Crippen LogP contribution >= 0.6 is 0 Å². The highest BCUT2D eigenvalue weighted by Gasteiger charge is 2.34. The van der Waals surface area contributed by atoms with Crippen LogP contribution in [0.3, 0.4) is 0 Å². The number of hydrogen-bond acceptors (Lipinski definition) is 9. The van der Waals surface area contributed by atoms with E-state index in [2.05, 4.69) is 64.6 Å². The van der Waals surface area contributed by atoms with Crippen molar-refractivity contribution in [2.75, 3.05) is 75.4 Å². The molecule has 7 rings (SSSR count). The Morgan fingerprint density at radius 3 is 2.55 bits per heavy atom. The van der Waals surface area contributed by atoms with Gasteiger partial charge in [0.25, 0.3) is 0 Å². The van der Waals surface area contributed by atoms with Gasteiger partial charge in [0.05, 0.1) is 25.5 Å². The summed E-state index contributed by atoms with van der Waals surface area (Å²) in [5, 5.41) is 2.55. The average molecular weight is 641 g/mol. The Balaban J connectivity index is 1.12. The van der Waals surface area contributed by atoms with Crippen LogP contribution in [0.25, 0.3) is 10.8 Å². The second kappa shape index (κ2) is 13.4. The van der Waals surface area contributed by atoms with E-state index in [1.807, 2.05) is 18.7 Å². The number of piperazine rings is 1. The third kappa shape index (κ3) is 6.82. The molecule has 2 aromatic carbocycles. The number of rotatable bonds is 8. The van der Waals surface area contributed by atoms with E-state index in [0.717, 1.165) is 50.4 Å². The molecule has 4 aliphatic rings. The predicted octanol–water partition coefficient (Wildman–Crippen LogP) is 4.58. The fraction of sp³-hybridized carbons (Fsp3) is 0.541. The zero-order valence-electron chi connectivity index (χ0n) is 28.1. The number of carbonyl (C=O) groups is 1. The lowest BCUT2D eigenvalue weighted by atomic mass is 9.99. The molecular formula is C37H48N6O4. The first-order chi connectivity index (χ1) is 22.8. The summed E-state index contributed by atoms with van der Waals surface area (Å²) in [6.07, 6.45) is 4.49. The van der Waals surface area contributed by atoms with Gasteiger partial charge in [-0.25, -0.2) is 0 Å². The van der Waals surface area contributed by atoms with Crippen LogP contribution in [0.1, 0.15) is 43.5 Å². The van der Waals surface area contributed by atoms with Crippen molar-refractivity contribution in [1.82, 2.24) is 19.8 Å². The molecular weight excluding hydrogens is 592 g/mol. The molecule has 0 radical (unpaired) electrons. The standard InChI is InChI=1S/C37H48N6O4/c1-5-33(44)40-17-19-41(20-18-40)35-30-14-16-43(32-13-7-11-28-10-6-9-26(2)34(28)32)22-31(30)38-36(39-35)45-25-29-12-8-15-42(29)21-27-23-46-37(3,4)47-24-27/h5-7,9-11,13,27,29H,1,8,12,14-25H2,2-4H3. The van der Waals surface area contributed by atoms with Gasteiger partial charge in [-0.3, -0.25) is 9.69 Å². The van der Waals surface area contributed by atoms with E-state index < -0.39 is 5.79 Å². The Labute approximate surface area is 278 Å². The summed E-state index contributed by atoms with van der Waals surface area (Å²) in [5.41, 5.74) is 4.73. The van der Waals surface area contributed by atoms with E-state index in [0.29, 0.717) is 70.5 Å². The molecule has 47 heavy (non-hydrogen) atoms. The predicted molar refractivity (Wildman–Crippen MR) is 184 cm³/mol. The fourth-order valence-electron chi connectivity index (χ4n) is 7.62. The van der Waals surface area contributed by atoms with E-state index >= 15 is 0 Å². The van der Waals surface area contributed by atoms with Crippen LogP contribution in [0.4, 0.5) is 11.5 Å². The number of anilines is 2. The molecule has 4 aliphatic heterocycles. The molecule has 0 bridgehead atoms. The van der Waals surface area contributed by atoms with Gasteiger partial charge in [0, 0.05) is 67.9 Å². The molecule has 1 amide bonds. The Morgan fingerprint density at radius 1 is 1.02 bits per heavy atom. The van der Waals surface area contributed by atoms with Gasteiger partial charge in [-0.15, -0.1) is 0 Å². The van der Waals surface area contributed by atoms with Gasteiger partial charge in [0.2, 0.25) is 5.91 Å². The Morgan fingerprint density at radius 2 is 1.79 bits per heavy atom. The maximum Gasteiger partial charge on any atom is 0.318 e. The molecule has 250 valence electrons. The number of amides is 1. The molecule has 1 aromatic heterocycles. The van der Waals surface area contributed by atoms with E-state index in [4.69, 9.17) is 24.2 Å². The summed E-state index contributed by atoms with van der Waals surface area (Å²) < 4.78 is 18.4. The normalized spacial score (nSPS) is 22.0. The smallest absolute Gasteiger partial charge is 0.318 e. The van der Waals surface area contributed by atoms with Gasteiger partial charge in [0.1, 0.15) is 12.4 Å². The zero-order valence-corrected chi connectivity index (χ0v) is 28.1. The first-order valence-electron chi connectivity index (χ1n) is 17.2. The van der Waals surface area contributed by atoms with Crippen LogP contribution < -0.4 is 14.5 Å². The number of hydrogen-bond donors (Lipinski definition) is 0. The highest BCUT2D eigenvalue weighted by Crippen LogP contribution is 2.36. The largest absolute Gasteiger partial charge is 0.462 e. The molecule has 5 heterocycles. The molecule has 1 unspecified atom stereocenters. The van der Waals surface area contributed by atoms with E-state index in [1.165, 1.54) is 33.7 Å². The van der Waals surface area contributed by atoms with Gasteiger partial charge in [-0.1, -0.05) is 36.9 Å². The van der Waals surface area contributed by atoms with Crippen molar-refractivity contribution in [3.8, 4) is 6.01 Å². The summed E-state index contributed by atoms with van der Waals surface area (Å²) in [5.74, 6) is 0.787. The molecule has 10 heteroatoms. The SMILES string of the molecule is C=CC(=O)N1CCN(c2nc(OCC3CCCN3CC3COC(C)(C)OC3)nc3c2CCN(c2cccc4cccc(C)c24)C3)CC1. The highest BCUT2D eigenvalue weighted by molar-refractivity contribution is 5.97. The highest BCUT2D eigenvalue weighted by atomic mass is 16.7. The third-order valence-electron chi connectivity index (χ3n) is 10.2. The molecule has 0 aliphatic carbocycles. The molecule has 0 spiro atoms. The van der Waals surface area contributed by atoms with Crippen LogP contribution in [0, 0.1) is 12.8 Å². The first-order valence-corrected chi connectivity index (χ1v) is 17.2. The molecule has 3 fully saturated rings. The Kier molecular flexibility index (Phi) is 9.09. The van der Waals surface area contributed by atoms with Crippen molar-refractivity contribution in [1.29, 1.82) is 0 Å². The van der Waals surface area contributed by atoms with E-state index in [1.54, 1.807) is 0 Å². The van der Waals surface area contributed by atoms with Crippen LogP contribution in [0.5, 0.6) is 6.01 Å². The molecule has 0 saturated carbocycles. The van der Waals surface area contributed by atoms with Crippen molar-refractivity contribution in [3.63, 3.8) is 0 Å². The summed E-state index contributed by atoms with van der Waals surface area (Å²) in [6.45, 7) is 18.1. The van der Waals surface area contributed by atoms with Crippen molar-refractivity contribution < 1.29 is 19.0 Å². The minimum atomic E-state index is -0.499. The number of fused-ring (bicyclic) bond motifs is 2. The topological polar surface area (TPSA) is 83.5 Å². The maximum atomic E-state index is 12.3. The van der Waals surface area contributed by atoms with Crippen LogP contribution in [-0.4, -0.2) is 103 Å². The van der Waals surface area contributed by atoms with Crippen LogP contribution in [-0.2, 0) is 27.2 Å². The molecule has 3 saturated heterocycles. The monoisotopic (exact) mass is 640 g/mol. The quantitative estimate of drug-likeness (QED) is 0.329. The number of nitrogens with zero attached hydrogens (tertiary/aromatic N) is 6. The van der Waals surface area contributed by atoms with Crippen LogP contribution in [0.2, 0.25) is 0 Å². The van der Waals surface area contributed by atoms with Gasteiger partial charge in [0.15, 0.2) is 5.79 Å². The van der Waals surface area contributed by atoms with E-state index in [-0.39, 0.29) is 5.91 Å². The summed E-state index contributed by atoms with van der Waals surface area (Å²) in [7, 11) is 0. The lowest BCUT2D eigenvalue weighted by Crippen LogP contribution is -2.49. The number of ether oxygens (including phenoxy) is 3. The minimum absolute atomic E-state index is 0.0180. The first kappa shape index (κ1) is 31.8. The van der Waals surface area contributed by atoms with Gasteiger partial charge < -0.3 is 28.9 Å². The number of likely N-dealkylation sites (tertiary alicyclic amines) is 1. The Hall–Kier alpha value is -3.73. The molecule has 10 nitrogen and oxygen atoms in total. The van der Waals surface area contributed by atoms with Gasteiger partial charge in [-0.05, 0) is 69.7 Å². The lowest BCUT2D eigenvalue weighted by Gasteiger charge is -2.38. The van der Waals surface area contributed by atoms with Crippen molar-refractivity contribution in [3.05, 3.63) is 65.9 Å². The third-order valence-corrected chi connectivity index (χ3v) is 10.2.